The molecule has 46 valence electrons. The van der Waals surface area contributed by atoms with Crippen molar-refractivity contribution >= 4 is 8.60 Å². The molecule has 7 heavy (non-hydrogen) atoms. The van der Waals surface area contributed by atoms with Crippen molar-refractivity contribution in [3.05, 3.63) is 0 Å². The molecule has 0 aromatic rings. The first-order valence-corrected chi connectivity index (χ1v) is 2.64. The zero-order chi connectivity index (χ0) is 4.99. The van der Waals surface area contributed by atoms with Crippen LogP contribution in [0.3, 0.4) is 0 Å². The monoisotopic (exact) mass is 303 g/mol. The van der Waals surface area contributed by atoms with E-state index >= 15 is 0 Å². The van der Waals surface area contributed by atoms with Crippen molar-refractivity contribution in [3.8, 4) is 0 Å². The molecule has 0 fully saturated rings. The molecule has 0 aromatic carbocycles. The third-order valence-electron chi connectivity index (χ3n) is 0.235. The second-order valence-corrected chi connectivity index (χ2v) is 1.35. The molecule has 0 spiro atoms. The SMILES string of the molecule is CCOP([O-])[O-].[Pt+2]. The molecule has 0 unspecified atom stereocenters. The van der Waals surface area contributed by atoms with Gasteiger partial charge < -0.3 is 14.3 Å². The summed E-state index contributed by atoms with van der Waals surface area (Å²) in [6.07, 6.45) is 0. The summed E-state index contributed by atoms with van der Waals surface area (Å²) < 4.78 is 4.00. The minimum absolute atomic E-state index is 0. The molecule has 0 N–H and O–H groups in total. The van der Waals surface area contributed by atoms with Gasteiger partial charge in [-0.1, -0.05) is 0 Å². The maximum Gasteiger partial charge on any atom is 2.00 e. The minimum Gasteiger partial charge on any atom is -0.820 e. The minimum atomic E-state index is -2.60. The van der Waals surface area contributed by atoms with Crippen molar-refractivity contribution in [3.63, 3.8) is 0 Å². The number of hydrogen-bond acceptors (Lipinski definition) is 3. The number of hydrogen-bond donors (Lipinski definition) is 0. The summed E-state index contributed by atoms with van der Waals surface area (Å²) in [6.45, 7) is 1.85. The second kappa shape index (κ2) is 7.00. The van der Waals surface area contributed by atoms with Crippen molar-refractivity contribution in [2.24, 2.45) is 0 Å². The summed E-state index contributed by atoms with van der Waals surface area (Å²) in [5.74, 6) is 0. The Morgan fingerprint density at radius 1 is 1.57 bits per heavy atom. The fourth-order valence-corrected chi connectivity index (χ4v) is 0.316. The van der Waals surface area contributed by atoms with Crippen LogP contribution in [-0.2, 0) is 25.6 Å². The Hall–Kier alpha value is 0.998. The van der Waals surface area contributed by atoms with Crippen LogP contribution in [0, 0.1) is 0 Å². The van der Waals surface area contributed by atoms with Crippen LogP contribution in [-0.4, -0.2) is 6.61 Å². The van der Waals surface area contributed by atoms with Crippen molar-refractivity contribution in [2.45, 2.75) is 6.92 Å². The summed E-state index contributed by atoms with van der Waals surface area (Å²) >= 11 is 0. The Morgan fingerprint density at radius 3 is 2.00 bits per heavy atom. The summed E-state index contributed by atoms with van der Waals surface area (Å²) in [4.78, 5) is 18.8. The third-order valence-corrected chi connectivity index (χ3v) is 0.704. The first-order valence-electron chi connectivity index (χ1n) is 1.54. The molecule has 0 aliphatic rings. The fourth-order valence-electron chi connectivity index (χ4n) is 0.105. The van der Waals surface area contributed by atoms with Gasteiger partial charge >= 0.3 is 21.1 Å². The summed E-state index contributed by atoms with van der Waals surface area (Å²) in [7, 11) is -2.60. The van der Waals surface area contributed by atoms with Crippen LogP contribution in [0.5, 0.6) is 0 Å². The fraction of sp³-hybridized carbons (Fsp3) is 1.00. The van der Waals surface area contributed by atoms with E-state index in [2.05, 4.69) is 4.52 Å². The summed E-state index contributed by atoms with van der Waals surface area (Å²) in [5.41, 5.74) is 0. The molecule has 0 bridgehead atoms. The van der Waals surface area contributed by atoms with E-state index in [1.807, 2.05) is 0 Å². The van der Waals surface area contributed by atoms with Gasteiger partial charge in [0.15, 0.2) is 0 Å². The van der Waals surface area contributed by atoms with Crippen LogP contribution in [0.2, 0.25) is 0 Å². The Kier molecular flexibility index (Phi) is 10.9. The maximum absolute atomic E-state index is 9.41. The zero-order valence-corrected chi connectivity index (χ0v) is 6.86. The van der Waals surface area contributed by atoms with Crippen molar-refractivity contribution in [1.29, 1.82) is 0 Å². The molecule has 0 aromatic heterocycles. The van der Waals surface area contributed by atoms with Crippen LogP contribution in [0.1, 0.15) is 6.92 Å². The molecular weight excluding hydrogens is 298 g/mol. The zero-order valence-electron chi connectivity index (χ0n) is 3.70. The molecular formula is C2H5O3PPt. The third kappa shape index (κ3) is 10.9. The normalized spacial score (nSPS) is 8.57. The Balaban J connectivity index is 0. The predicted octanol–water partition coefficient (Wildman–Crippen LogP) is -1.03. The van der Waals surface area contributed by atoms with Gasteiger partial charge in [0.05, 0.1) is 0 Å². The first kappa shape index (κ1) is 10.9. The van der Waals surface area contributed by atoms with Crippen LogP contribution in [0.25, 0.3) is 0 Å². The van der Waals surface area contributed by atoms with E-state index < -0.39 is 8.60 Å². The average Bonchev–Trinajstić information content (AvgIpc) is 1.35. The van der Waals surface area contributed by atoms with Gasteiger partial charge in [0.25, 0.3) is 0 Å². The molecule has 0 saturated carbocycles. The smallest absolute Gasteiger partial charge is 0.820 e. The van der Waals surface area contributed by atoms with Gasteiger partial charge in [0.1, 0.15) is 0 Å². The van der Waals surface area contributed by atoms with Gasteiger partial charge in [0, 0.05) is 6.61 Å². The maximum atomic E-state index is 9.41. The molecule has 0 aliphatic heterocycles. The molecule has 0 aliphatic carbocycles. The molecule has 0 radical (unpaired) electrons. The average molecular weight is 303 g/mol. The van der Waals surface area contributed by atoms with E-state index in [-0.39, 0.29) is 27.7 Å². The molecule has 0 amide bonds. The molecule has 0 atom stereocenters. The van der Waals surface area contributed by atoms with Gasteiger partial charge in [-0.25, -0.2) is 0 Å². The van der Waals surface area contributed by atoms with E-state index in [0.29, 0.717) is 0 Å². The van der Waals surface area contributed by atoms with Gasteiger partial charge in [-0.15, -0.1) is 0 Å². The molecule has 5 heteroatoms. The topological polar surface area (TPSA) is 55.3 Å². The molecule has 3 nitrogen and oxygen atoms in total. The molecule has 0 heterocycles. The van der Waals surface area contributed by atoms with Crippen LogP contribution >= 0.6 is 8.60 Å². The summed E-state index contributed by atoms with van der Waals surface area (Å²) in [5, 5.41) is 0. The standard InChI is InChI=1S/C2H5O3P.Pt/c1-2-5-6(3)4;/h2H2,1H3;/q-2;+2. The van der Waals surface area contributed by atoms with E-state index in [9.17, 15) is 9.79 Å². The van der Waals surface area contributed by atoms with Crippen molar-refractivity contribution < 1.29 is 35.4 Å². The van der Waals surface area contributed by atoms with E-state index in [0.717, 1.165) is 0 Å². The summed E-state index contributed by atoms with van der Waals surface area (Å²) in [6, 6.07) is 0. The van der Waals surface area contributed by atoms with Gasteiger partial charge in [0.2, 0.25) is 0 Å². The van der Waals surface area contributed by atoms with Crippen LogP contribution in [0.15, 0.2) is 0 Å². The van der Waals surface area contributed by atoms with E-state index in [1.54, 1.807) is 6.92 Å². The van der Waals surface area contributed by atoms with Crippen molar-refractivity contribution in [1.82, 2.24) is 0 Å². The molecule has 0 saturated heterocycles. The van der Waals surface area contributed by atoms with Gasteiger partial charge in [-0.05, 0) is 6.92 Å². The van der Waals surface area contributed by atoms with Crippen LogP contribution in [0.4, 0.5) is 0 Å². The largest absolute Gasteiger partial charge is 2.00 e. The van der Waals surface area contributed by atoms with E-state index in [4.69, 9.17) is 0 Å². The van der Waals surface area contributed by atoms with Crippen molar-refractivity contribution in [2.75, 3.05) is 6.61 Å². The van der Waals surface area contributed by atoms with E-state index in [1.165, 1.54) is 0 Å². The predicted molar refractivity (Wildman–Crippen MR) is 18.5 cm³/mol. The second-order valence-electron chi connectivity index (χ2n) is 0.641. The quantitative estimate of drug-likeness (QED) is 0.613. The van der Waals surface area contributed by atoms with Gasteiger partial charge in [-0.2, -0.15) is 8.60 Å². The Morgan fingerprint density at radius 2 is 2.00 bits per heavy atom. The van der Waals surface area contributed by atoms with Gasteiger partial charge in [-0.3, -0.25) is 0 Å². The Bertz CT molecular complexity index is 34.1. The Labute approximate surface area is 58.0 Å². The first-order chi connectivity index (χ1) is 2.77. The van der Waals surface area contributed by atoms with Crippen LogP contribution < -0.4 is 9.79 Å². The molecule has 0 rings (SSSR count). The number of rotatable bonds is 2.